The van der Waals surface area contributed by atoms with E-state index in [2.05, 4.69) is 10.5 Å². The predicted octanol–water partition coefficient (Wildman–Crippen LogP) is 0.892. The molecule has 70 valence electrons. The lowest BCUT2D eigenvalue weighted by atomic mass is 9.84. The van der Waals surface area contributed by atoms with Gasteiger partial charge in [-0.1, -0.05) is 23.4 Å². The molecule has 0 saturated heterocycles. The molecule has 4 nitrogen and oxygen atoms in total. The summed E-state index contributed by atoms with van der Waals surface area (Å²) >= 11 is 0. The van der Waals surface area contributed by atoms with E-state index in [0.29, 0.717) is 6.61 Å². The van der Waals surface area contributed by atoms with Gasteiger partial charge in [0, 0.05) is 11.3 Å². The standard InChI is InChI=1S/C10H8N2O2/c13-9-10(5-11-14-6-10)7-3-1-2-4-8(7)12-9/h1-5H,6H2,(H,12,13). The van der Waals surface area contributed by atoms with Crippen LogP contribution in [0, 0.1) is 0 Å². The molecule has 2 heterocycles. The Morgan fingerprint density at radius 1 is 1.43 bits per heavy atom. The monoisotopic (exact) mass is 188 g/mol. The van der Waals surface area contributed by atoms with E-state index >= 15 is 0 Å². The average molecular weight is 188 g/mol. The zero-order valence-corrected chi connectivity index (χ0v) is 7.36. The molecule has 0 aromatic heterocycles. The molecule has 1 spiro atoms. The second-order valence-electron chi connectivity index (χ2n) is 3.48. The number of nitrogens with one attached hydrogen (secondary N) is 1. The molecule has 1 N–H and O–H groups in total. The van der Waals surface area contributed by atoms with Gasteiger partial charge in [0.15, 0.2) is 5.41 Å². The summed E-state index contributed by atoms with van der Waals surface area (Å²) in [5.41, 5.74) is 1.12. The first-order chi connectivity index (χ1) is 6.83. The fourth-order valence-electron chi connectivity index (χ4n) is 1.91. The van der Waals surface area contributed by atoms with Crippen LogP contribution in [0.1, 0.15) is 5.56 Å². The Balaban J connectivity index is 2.24. The van der Waals surface area contributed by atoms with Crippen LogP contribution in [0.25, 0.3) is 0 Å². The third kappa shape index (κ3) is 0.731. The largest absolute Gasteiger partial charge is 0.394 e. The van der Waals surface area contributed by atoms with Crippen LogP contribution in [0.3, 0.4) is 0 Å². The number of oxime groups is 1. The molecule has 2 aliphatic rings. The first kappa shape index (κ1) is 7.55. The maximum Gasteiger partial charge on any atom is 0.244 e. The van der Waals surface area contributed by atoms with E-state index in [0.717, 1.165) is 11.3 Å². The summed E-state index contributed by atoms with van der Waals surface area (Å²) < 4.78 is 0. The number of fused-ring (bicyclic) bond motifs is 2. The molecule has 0 fully saturated rings. The van der Waals surface area contributed by atoms with E-state index in [9.17, 15) is 4.79 Å². The van der Waals surface area contributed by atoms with Crippen LogP contribution in [-0.4, -0.2) is 18.7 Å². The smallest absolute Gasteiger partial charge is 0.244 e. The normalized spacial score (nSPS) is 27.6. The van der Waals surface area contributed by atoms with Gasteiger partial charge in [0.1, 0.15) is 6.61 Å². The molecule has 2 aliphatic heterocycles. The Hall–Kier alpha value is -1.84. The Morgan fingerprint density at radius 2 is 2.29 bits per heavy atom. The number of carbonyl (C=O) groups is 1. The number of amides is 1. The molecule has 0 saturated carbocycles. The van der Waals surface area contributed by atoms with Crippen LogP contribution < -0.4 is 5.32 Å². The molecule has 0 bridgehead atoms. The summed E-state index contributed by atoms with van der Waals surface area (Å²) in [5.74, 6) is -0.0556. The van der Waals surface area contributed by atoms with Crippen molar-refractivity contribution in [2.24, 2.45) is 5.16 Å². The van der Waals surface area contributed by atoms with Gasteiger partial charge in [-0.15, -0.1) is 0 Å². The maximum atomic E-state index is 11.8. The van der Waals surface area contributed by atoms with Gasteiger partial charge < -0.3 is 10.2 Å². The second kappa shape index (κ2) is 2.35. The number of anilines is 1. The summed E-state index contributed by atoms with van der Waals surface area (Å²) in [4.78, 5) is 16.7. The zero-order chi connectivity index (χ0) is 9.60. The van der Waals surface area contributed by atoms with Crippen molar-refractivity contribution in [3.63, 3.8) is 0 Å². The van der Waals surface area contributed by atoms with Gasteiger partial charge in [0.25, 0.3) is 0 Å². The van der Waals surface area contributed by atoms with E-state index in [1.807, 2.05) is 24.3 Å². The van der Waals surface area contributed by atoms with Crippen molar-refractivity contribution < 1.29 is 9.63 Å². The summed E-state index contributed by atoms with van der Waals surface area (Å²) in [6, 6.07) is 7.61. The zero-order valence-electron chi connectivity index (χ0n) is 7.36. The summed E-state index contributed by atoms with van der Waals surface area (Å²) in [6.07, 6.45) is 1.58. The molecule has 1 aromatic rings. The summed E-state index contributed by atoms with van der Waals surface area (Å²) in [5, 5.41) is 6.50. The molecular weight excluding hydrogens is 180 g/mol. The Kier molecular flexibility index (Phi) is 1.27. The highest BCUT2D eigenvalue weighted by molar-refractivity contribution is 6.17. The molecule has 0 aliphatic carbocycles. The van der Waals surface area contributed by atoms with Crippen LogP contribution >= 0.6 is 0 Å². The van der Waals surface area contributed by atoms with Gasteiger partial charge >= 0.3 is 0 Å². The lowest BCUT2D eigenvalue weighted by Gasteiger charge is -2.13. The highest BCUT2D eigenvalue weighted by Gasteiger charge is 2.49. The predicted molar refractivity (Wildman–Crippen MR) is 51.2 cm³/mol. The highest BCUT2D eigenvalue weighted by Crippen LogP contribution is 2.38. The fourth-order valence-corrected chi connectivity index (χ4v) is 1.91. The van der Waals surface area contributed by atoms with E-state index in [4.69, 9.17) is 4.84 Å². The number of benzene rings is 1. The van der Waals surface area contributed by atoms with E-state index in [-0.39, 0.29) is 5.91 Å². The Morgan fingerprint density at radius 3 is 3.07 bits per heavy atom. The van der Waals surface area contributed by atoms with Gasteiger partial charge in [-0.05, 0) is 6.07 Å². The van der Waals surface area contributed by atoms with Crippen molar-refractivity contribution in [2.45, 2.75) is 5.41 Å². The van der Waals surface area contributed by atoms with Crippen LogP contribution in [0.5, 0.6) is 0 Å². The summed E-state index contributed by atoms with van der Waals surface area (Å²) in [7, 11) is 0. The first-order valence-corrected chi connectivity index (χ1v) is 4.40. The number of hydrogen-bond donors (Lipinski definition) is 1. The number of carbonyl (C=O) groups excluding carboxylic acids is 1. The van der Waals surface area contributed by atoms with E-state index < -0.39 is 5.41 Å². The van der Waals surface area contributed by atoms with Crippen LogP contribution in [0.15, 0.2) is 29.4 Å². The van der Waals surface area contributed by atoms with Gasteiger partial charge in [-0.25, -0.2) is 0 Å². The highest BCUT2D eigenvalue weighted by atomic mass is 16.6. The molecule has 4 heteroatoms. The molecule has 1 amide bonds. The molecule has 0 radical (unpaired) electrons. The van der Waals surface area contributed by atoms with E-state index in [1.165, 1.54) is 0 Å². The third-order valence-corrected chi connectivity index (χ3v) is 2.70. The van der Waals surface area contributed by atoms with Crippen molar-refractivity contribution >= 4 is 17.8 Å². The van der Waals surface area contributed by atoms with Gasteiger partial charge in [0.05, 0.1) is 6.21 Å². The van der Waals surface area contributed by atoms with Crippen molar-refractivity contribution in [2.75, 3.05) is 11.9 Å². The van der Waals surface area contributed by atoms with Crippen LogP contribution in [0.4, 0.5) is 5.69 Å². The molecule has 1 aromatic carbocycles. The molecule has 14 heavy (non-hydrogen) atoms. The quantitative estimate of drug-likeness (QED) is 0.657. The van der Waals surface area contributed by atoms with E-state index in [1.54, 1.807) is 6.21 Å². The SMILES string of the molecule is O=C1Nc2ccccc2C12C=NOC2. The minimum absolute atomic E-state index is 0.0556. The van der Waals surface area contributed by atoms with Crippen molar-refractivity contribution in [3.8, 4) is 0 Å². The van der Waals surface area contributed by atoms with Gasteiger partial charge in [0.2, 0.25) is 5.91 Å². The molecular formula is C10H8N2O2. The molecule has 1 atom stereocenters. The minimum Gasteiger partial charge on any atom is -0.394 e. The number of hydrogen-bond acceptors (Lipinski definition) is 3. The lowest BCUT2D eigenvalue weighted by molar-refractivity contribution is -0.119. The number of para-hydroxylation sites is 1. The Bertz CT molecular complexity index is 442. The Labute approximate surface area is 80.6 Å². The topological polar surface area (TPSA) is 50.7 Å². The van der Waals surface area contributed by atoms with Crippen LogP contribution in [-0.2, 0) is 15.0 Å². The molecule has 1 unspecified atom stereocenters. The maximum absolute atomic E-state index is 11.8. The number of rotatable bonds is 0. The van der Waals surface area contributed by atoms with Gasteiger partial charge in [-0.2, -0.15) is 0 Å². The first-order valence-electron chi connectivity index (χ1n) is 4.40. The van der Waals surface area contributed by atoms with Crippen LogP contribution in [0.2, 0.25) is 0 Å². The summed E-state index contributed by atoms with van der Waals surface area (Å²) in [6.45, 7) is 0.301. The van der Waals surface area contributed by atoms with Crippen molar-refractivity contribution in [3.05, 3.63) is 29.8 Å². The van der Waals surface area contributed by atoms with Gasteiger partial charge in [-0.3, -0.25) is 4.79 Å². The fraction of sp³-hybridized carbons (Fsp3) is 0.200. The second-order valence-corrected chi connectivity index (χ2v) is 3.48. The minimum atomic E-state index is -0.684. The number of nitrogens with zero attached hydrogens (tertiary/aromatic N) is 1. The lowest BCUT2D eigenvalue weighted by Crippen LogP contribution is -2.37. The molecule has 3 rings (SSSR count). The van der Waals surface area contributed by atoms with Crippen molar-refractivity contribution in [1.82, 2.24) is 0 Å². The van der Waals surface area contributed by atoms with Crippen molar-refractivity contribution in [1.29, 1.82) is 0 Å². The average Bonchev–Trinajstić information content (AvgIpc) is 2.77. The third-order valence-electron chi connectivity index (χ3n) is 2.70.